The van der Waals surface area contributed by atoms with Gasteiger partial charge < -0.3 is 10.5 Å². The molecule has 4 nitrogen and oxygen atoms in total. The summed E-state index contributed by atoms with van der Waals surface area (Å²) in [6, 6.07) is 7.96. The van der Waals surface area contributed by atoms with E-state index in [1.54, 1.807) is 18.4 Å². The van der Waals surface area contributed by atoms with Crippen LogP contribution in [0.4, 0.5) is 5.82 Å². The second-order valence-electron chi connectivity index (χ2n) is 4.41. The van der Waals surface area contributed by atoms with Crippen molar-refractivity contribution in [3.8, 4) is 17.0 Å². The summed E-state index contributed by atoms with van der Waals surface area (Å²) in [5.41, 5.74) is 9.12. The molecule has 0 bridgehead atoms. The van der Waals surface area contributed by atoms with Gasteiger partial charge in [0.25, 0.3) is 0 Å². The van der Waals surface area contributed by atoms with Gasteiger partial charge in [-0.3, -0.25) is 4.40 Å². The van der Waals surface area contributed by atoms with E-state index in [0.717, 1.165) is 27.7 Å². The van der Waals surface area contributed by atoms with E-state index in [0.29, 0.717) is 5.82 Å². The molecule has 0 aliphatic carbocycles. The van der Waals surface area contributed by atoms with Gasteiger partial charge in [0.2, 0.25) is 0 Å². The van der Waals surface area contributed by atoms with Crippen LogP contribution in [0.25, 0.3) is 16.2 Å². The number of hydrogen-bond donors (Lipinski definition) is 1. The molecular formula is C14H15N3OS. The number of hydrogen-bond acceptors (Lipinski definition) is 4. The largest absolute Gasteiger partial charge is 0.496 e. The van der Waals surface area contributed by atoms with Crippen molar-refractivity contribution < 1.29 is 4.74 Å². The van der Waals surface area contributed by atoms with Crippen molar-refractivity contribution in [1.29, 1.82) is 0 Å². The Balaban J connectivity index is 2.38. The molecule has 0 radical (unpaired) electrons. The fraction of sp³-hybridized carbons (Fsp3) is 0.214. The third-order valence-corrected chi connectivity index (χ3v) is 4.19. The molecule has 5 heteroatoms. The van der Waals surface area contributed by atoms with Crippen molar-refractivity contribution in [2.75, 3.05) is 12.8 Å². The maximum atomic E-state index is 6.15. The van der Waals surface area contributed by atoms with Gasteiger partial charge in [0.15, 0.2) is 4.96 Å². The van der Waals surface area contributed by atoms with Crippen LogP contribution in [0, 0.1) is 13.8 Å². The predicted octanol–water partition coefficient (Wildman–Crippen LogP) is 3.27. The van der Waals surface area contributed by atoms with Crippen molar-refractivity contribution in [3.05, 3.63) is 34.8 Å². The summed E-state index contributed by atoms with van der Waals surface area (Å²) >= 11 is 1.64. The number of thiazole rings is 1. The van der Waals surface area contributed by atoms with Crippen LogP contribution in [0.2, 0.25) is 0 Å². The molecule has 0 fully saturated rings. The Kier molecular flexibility index (Phi) is 2.71. The molecule has 0 atom stereocenters. The number of para-hydroxylation sites is 1. The van der Waals surface area contributed by atoms with E-state index in [1.807, 2.05) is 35.6 Å². The smallest absolute Gasteiger partial charge is 0.196 e. The van der Waals surface area contributed by atoms with E-state index in [9.17, 15) is 0 Å². The number of aryl methyl sites for hydroxylation is 2. The molecule has 3 rings (SSSR count). The molecule has 2 heterocycles. The number of methoxy groups -OCH3 is 1. The maximum absolute atomic E-state index is 6.15. The van der Waals surface area contributed by atoms with Crippen LogP contribution in [0.1, 0.15) is 10.6 Å². The molecule has 3 aromatic rings. The lowest BCUT2D eigenvalue weighted by Crippen LogP contribution is -1.97. The molecule has 0 aliphatic rings. The van der Waals surface area contributed by atoms with Crippen molar-refractivity contribution in [2.24, 2.45) is 0 Å². The number of nitrogen functional groups attached to an aromatic ring is 1. The summed E-state index contributed by atoms with van der Waals surface area (Å²) in [7, 11) is 1.68. The van der Waals surface area contributed by atoms with Gasteiger partial charge in [0.05, 0.1) is 18.5 Å². The Hall–Kier alpha value is -2.01. The highest BCUT2D eigenvalue weighted by atomic mass is 32.1. The van der Waals surface area contributed by atoms with Gasteiger partial charge >= 0.3 is 0 Å². The maximum Gasteiger partial charge on any atom is 0.196 e. The topological polar surface area (TPSA) is 52.5 Å². The summed E-state index contributed by atoms with van der Waals surface area (Å²) in [5.74, 6) is 1.54. The molecule has 98 valence electrons. The van der Waals surface area contributed by atoms with Gasteiger partial charge in [-0.05, 0) is 26.0 Å². The highest BCUT2D eigenvalue weighted by Gasteiger charge is 2.18. The quantitative estimate of drug-likeness (QED) is 0.779. The van der Waals surface area contributed by atoms with Crippen LogP contribution in [0.3, 0.4) is 0 Å². The Morgan fingerprint density at radius 2 is 2.00 bits per heavy atom. The van der Waals surface area contributed by atoms with Gasteiger partial charge in [-0.1, -0.05) is 12.1 Å². The zero-order chi connectivity index (χ0) is 13.6. The van der Waals surface area contributed by atoms with Gasteiger partial charge in [0.1, 0.15) is 11.6 Å². The number of nitrogens with two attached hydrogens (primary N) is 1. The van der Waals surface area contributed by atoms with Crippen molar-refractivity contribution in [3.63, 3.8) is 0 Å². The Morgan fingerprint density at radius 1 is 1.26 bits per heavy atom. The Bertz CT molecular complexity index is 757. The fourth-order valence-electron chi connectivity index (χ4n) is 2.29. The zero-order valence-corrected chi connectivity index (χ0v) is 11.9. The van der Waals surface area contributed by atoms with Crippen molar-refractivity contribution >= 4 is 22.1 Å². The summed E-state index contributed by atoms with van der Waals surface area (Å²) in [5, 5.41) is 0. The SMILES string of the molecule is COc1ccccc1-c1c(C)sc2nc(C)c(N)n12. The second kappa shape index (κ2) is 4.28. The minimum atomic E-state index is 0.695. The van der Waals surface area contributed by atoms with E-state index in [4.69, 9.17) is 10.5 Å². The number of anilines is 1. The van der Waals surface area contributed by atoms with Crippen LogP contribution in [0.5, 0.6) is 5.75 Å². The molecule has 2 N–H and O–H groups in total. The van der Waals surface area contributed by atoms with E-state index < -0.39 is 0 Å². The van der Waals surface area contributed by atoms with Gasteiger partial charge in [-0.2, -0.15) is 0 Å². The fourth-order valence-corrected chi connectivity index (χ4v) is 3.33. The minimum absolute atomic E-state index is 0.695. The summed E-state index contributed by atoms with van der Waals surface area (Å²) in [6.07, 6.45) is 0. The molecule has 0 spiro atoms. The van der Waals surface area contributed by atoms with E-state index in [-0.39, 0.29) is 0 Å². The van der Waals surface area contributed by atoms with Crippen LogP contribution in [0.15, 0.2) is 24.3 Å². The van der Waals surface area contributed by atoms with Crippen molar-refractivity contribution in [2.45, 2.75) is 13.8 Å². The molecule has 0 aliphatic heterocycles. The summed E-state index contributed by atoms with van der Waals surface area (Å²) in [6.45, 7) is 4.01. The molecule has 0 amide bonds. The van der Waals surface area contributed by atoms with Crippen LogP contribution < -0.4 is 10.5 Å². The zero-order valence-electron chi connectivity index (χ0n) is 11.1. The van der Waals surface area contributed by atoms with E-state index >= 15 is 0 Å². The lowest BCUT2D eigenvalue weighted by atomic mass is 10.1. The summed E-state index contributed by atoms with van der Waals surface area (Å²) < 4.78 is 7.46. The first-order valence-corrected chi connectivity index (χ1v) is 6.82. The molecule has 0 saturated heterocycles. The molecule has 0 saturated carbocycles. The second-order valence-corrected chi connectivity index (χ2v) is 5.59. The molecule has 0 unspecified atom stereocenters. The molecule has 19 heavy (non-hydrogen) atoms. The number of rotatable bonds is 2. The standard InChI is InChI=1S/C14H15N3OS/c1-8-13(15)17-12(9(2)19-14(17)16-8)10-6-4-5-7-11(10)18-3/h4-7H,15H2,1-3H3. The normalized spacial score (nSPS) is 11.1. The number of fused-ring (bicyclic) bond motifs is 1. The monoisotopic (exact) mass is 273 g/mol. The average Bonchev–Trinajstić information content (AvgIpc) is 2.86. The van der Waals surface area contributed by atoms with Gasteiger partial charge in [0, 0.05) is 10.4 Å². The number of aromatic nitrogens is 2. The third kappa shape index (κ3) is 1.69. The predicted molar refractivity (Wildman–Crippen MR) is 78.9 cm³/mol. The third-order valence-electron chi connectivity index (χ3n) is 3.23. The first-order chi connectivity index (χ1) is 9.13. The Labute approximate surface area is 115 Å². The number of benzene rings is 1. The number of ether oxygens (including phenoxy) is 1. The van der Waals surface area contributed by atoms with Crippen molar-refractivity contribution in [1.82, 2.24) is 9.38 Å². The van der Waals surface area contributed by atoms with Gasteiger partial charge in [-0.25, -0.2) is 4.98 Å². The number of imidazole rings is 1. The first kappa shape index (κ1) is 12.0. The summed E-state index contributed by atoms with van der Waals surface area (Å²) in [4.78, 5) is 6.59. The number of nitrogens with zero attached hydrogens (tertiary/aromatic N) is 2. The molecule has 2 aromatic heterocycles. The van der Waals surface area contributed by atoms with Crippen LogP contribution in [-0.4, -0.2) is 16.5 Å². The van der Waals surface area contributed by atoms with E-state index in [2.05, 4.69) is 11.9 Å². The highest BCUT2D eigenvalue weighted by molar-refractivity contribution is 7.17. The highest BCUT2D eigenvalue weighted by Crippen LogP contribution is 2.38. The minimum Gasteiger partial charge on any atom is -0.496 e. The average molecular weight is 273 g/mol. The van der Waals surface area contributed by atoms with E-state index in [1.165, 1.54) is 4.88 Å². The lowest BCUT2D eigenvalue weighted by Gasteiger charge is -2.09. The molecule has 1 aromatic carbocycles. The molecular weight excluding hydrogens is 258 g/mol. The first-order valence-electron chi connectivity index (χ1n) is 6.00. The van der Waals surface area contributed by atoms with Crippen LogP contribution >= 0.6 is 11.3 Å². The van der Waals surface area contributed by atoms with Gasteiger partial charge in [-0.15, -0.1) is 11.3 Å². The lowest BCUT2D eigenvalue weighted by molar-refractivity contribution is 0.416. The Morgan fingerprint density at radius 3 is 2.74 bits per heavy atom. The van der Waals surface area contributed by atoms with Crippen LogP contribution in [-0.2, 0) is 0 Å².